The Labute approximate surface area is 109 Å². The monoisotopic (exact) mass is 251 g/mol. The molecule has 0 radical (unpaired) electrons. The van der Waals surface area contributed by atoms with E-state index in [2.05, 4.69) is 25.8 Å². The number of ether oxygens (including phenoxy) is 1. The molecule has 18 heavy (non-hydrogen) atoms. The zero-order valence-corrected chi connectivity index (χ0v) is 11.4. The first-order valence-corrected chi connectivity index (χ1v) is 6.68. The molecule has 1 unspecified atom stereocenters. The molecular formula is C15H22FNO. The summed E-state index contributed by atoms with van der Waals surface area (Å²) in [7, 11) is 0. The van der Waals surface area contributed by atoms with Gasteiger partial charge in [0.2, 0.25) is 0 Å². The summed E-state index contributed by atoms with van der Waals surface area (Å²) >= 11 is 0. The molecule has 2 rings (SSSR count). The van der Waals surface area contributed by atoms with E-state index in [0.717, 1.165) is 26.1 Å². The van der Waals surface area contributed by atoms with Crippen LogP contribution in [0.1, 0.15) is 45.2 Å². The maximum Gasteiger partial charge on any atom is 0.145 e. The molecule has 1 aromatic heterocycles. The van der Waals surface area contributed by atoms with E-state index in [4.69, 9.17) is 4.74 Å². The first-order chi connectivity index (χ1) is 8.50. The average molecular weight is 251 g/mol. The molecule has 1 fully saturated rings. The zero-order valence-electron chi connectivity index (χ0n) is 11.4. The highest BCUT2D eigenvalue weighted by Crippen LogP contribution is 2.44. The molecule has 100 valence electrons. The predicted octanol–water partition coefficient (Wildman–Crippen LogP) is 3.78. The van der Waals surface area contributed by atoms with E-state index < -0.39 is 0 Å². The van der Waals surface area contributed by atoms with E-state index in [1.807, 2.05) is 0 Å². The molecule has 0 N–H and O–H groups in total. The Hall–Kier alpha value is -0.960. The summed E-state index contributed by atoms with van der Waals surface area (Å²) in [6.45, 7) is 8.07. The number of pyridine rings is 1. The van der Waals surface area contributed by atoms with Gasteiger partial charge in [-0.15, -0.1) is 0 Å². The fraction of sp³-hybridized carbons (Fsp3) is 0.667. The molecule has 0 spiro atoms. The van der Waals surface area contributed by atoms with Gasteiger partial charge in [0.1, 0.15) is 5.82 Å². The van der Waals surface area contributed by atoms with E-state index in [0.29, 0.717) is 11.6 Å². The molecule has 1 aliphatic rings. The lowest BCUT2D eigenvalue weighted by Crippen LogP contribution is -2.31. The summed E-state index contributed by atoms with van der Waals surface area (Å²) in [6, 6.07) is 3.17. The van der Waals surface area contributed by atoms with Gasteiger partial charge in [0, 0.05) is 25.3 Å². The molecule has 2 nitrogen and oxygen atoms in total. The van der Waals surface area contributed by atoms with Gasteiger partial charge in [0.05, 0.1) is 5.69 Å². The normalized spacial score (nSPS) is 19.8. The van der Waals surface area contributed by atoms with Crippen LogP contribution in [0.3, 0.4) is 0 Å². The Balaban J connectivity index is 2.34. The number of rotatable bonds is 2. The fourth-order valence-electron chi connectivity index (χ4n) is 3.02. The summed E-state index contributed by atoms with van der Waals surface area (Å²) in [6.07, 6.45) is 3.69. The van der Waals surface area contributed by atoms with Crippen molar-refractivity contribution in [1.82, 2.24) is 4.98 Å². The van der Waals surface area contributed by atoms with Gasteiger partial charge in [-0.25, -0.2) is 4.39 Å². The Morgan fingerprint density at radius 1 is 1.33 bits per heavy atom. The second-order valence-corrected chi connectivity index (χ2v) is 6.16. The first-order valence-electron chi connectivity index (χ1n) is 6.68. The number of halogens is 1. The van der Waals surface area contributed by atoms with Gasteiger partial charge in [-0.1, -0.05) is 20.8 Å². The molecule has 0 amide bonds. The first kappa shape index (κ1) is 13.5. The minimum absolute atomic E-state index is 0.0111. The van der Waals surface area contributed by atoms with Crippen molar-refractivity contribution >= 4 is 0 Å². The highest BCUT2D eigenvalue weighted by Gasteiger charge is 2.36. The van der Waals surface area contributed by atoms with Crippen molar-refractivity contribution in [3.63, 3.8) is 0 Å². The van der Waals surface area contributed by atoms with Gasteiger partial charge in [0.25, 0.3) is 0 Å². The maximum atomic E-state index is 14.0. The highest BCUT2D eigenvalue weighted by molar-refractivity contribution is 5.16. The highest BCUT2D eigenvalue weighted by atomic mass is 19.1. The quantitative estimate of drug-likeness (QED) is 0.798. The molecule has 2 heterocycles. The van der Waals surface area contributed by atoms with Crippen molar-refractivity contribution in [2.75, 3.05) is 13.2 Å². The Kier molecular flexibility index (Phi) is 4.00. The standard InChI is InChI=1S/C15H22FNO/c1-15(2,3)13(11-6-9-18-10-7-11)14-12(16)5-4-8-17-14/h4-5,8,11,13H,6-7,9-10H2,1-3H3. The van der Waals surface area contributed by atoms with Gasteiger partial charge in [0.15, 0.2) is 0 Å². The molecule has 1 aliphatic heterocycles. The summed E-state index contributed by atoms with van der Waals surface area (Å²) in [5.41, 5.74) is 0.633. The van der Waals surface area contributed by atoms with Crippen molar-refractivity contribution in [3.8, 4) is 0 Å². The molecule has 0 aromatic carbocycles. The van der Waals surface area contributed by atoms with E-state index >= 15 is 0 Å². The van der Waals surface area contributed by atoms with Crippen LogP contribution in [-0.4, -0.2) is 18.2 Å². The van der Waals surface area contributed by atoms with E-state index in [1.165, 1.54) is 6.07 Å². The molecule has 0 saturated carbocycles. The fourth-order valence-corrected chi connectivity index (χ4v) is 3.02. The minimum Gasteiger partial charge on any atom is -0.381 e. The second kappa shape index (κ2) is 5.35. The van der Waals surface area contributed by atoms with E-state index in [-0.39, 0.29) is 17.2 Å². The number of hydrogen-bond acceptors (Lipinski definition) is 2. The topological polar surface area (TPSA) is 22.1 Å². The Bertz CT molecular complexity index is 394. The SMILES string of the molecule is CC(C)(C)C(c1ncccc1F)C1CCOCC1. The summed E-state index contributed by atoms with van der Waals surface area (Å²) in [5.74, 6) is 0.440. The van der Waals surface area contributed by atoms with Crippen LogP contribution in [0.5, 0.6) is 0 Å². The molecule has 3 heteroatoms. The van der Waals surface area contributed by atoms with Crippen molar-refractivity contribution in [3.05, 3.63) is 29.8 Å². The van der Waals surface area contributed by atoms with Crippen LogP contribution in [0.25, 0.3) is 0 Å². The Morgan fingerprint density at radius 2 is 2.00 bits per heavy atom. The van der Waals surface area contributed by atoms with Crippen LogP contribution < -0.4 is 0 Å². The molecule has 1 aromatic rings. The lowest BCUT2D eigenvalue weighted by molar-refractivity contribution is 0.0403. The number of nitrogens with zero attached hydrogens (tertiary/aromatic N) is 1. The van der Waals surface area contributed by atoms with Crippen LogP contribution in [0.2, 0.25) is 0 Å². The van der Waals surface area contributed by atoms with Crippen LogP contribution in [0, 0.1) is 17.2 Å². The van der Waals surface area contributed by atoms with Crippen molar-refractivity contribution in [2.45, 2.75) is 39.5 Å². The number of hydrogen-bond donors (Lipinski definition) is 0. The van der Waals surface area contributed by atoms with Gasteiger partial charge in [-0.3, -0.25) is 4.98 Å². The van der Waals surface area contributed by atoms with Gasteiger partial charge in [-0.2, -0.15) is 0 Å². The molecule has 0 aliphatic carbocycles. The summed E-state index contributed by atoms with van der Waals surface area (Å²) in [4.78, 5) is 4.30. The van der Waals surface area contributed by atoms with Gasteiger partial charge >= 0.3 is 0 Å². The third-order valence-corrected chi connectivity index (χ3v) is 3.75. The van der Waals surface area contributed by atoms with Crippen LogP contribution in [0.15, 0.2) is 18.3 Å². The van der Waals surface area contributed by atoms with Gasteiger partial charge in [-0.05, 0) is 36.3 Å². The Morgan fingerprint density at radius 3 is 2.56 bits per heavy atom. The lowest BCUT2D eigenvalue weighted by Gasteiger charge is -2.38. The summed E-state index contributed by atoms with van der Waals surface area (Å²) in [5, 5.41) is 0. The van der Waals surface area contributed by atoms with E-state index in [1.54, 1.807) is 12.3 Å². The van der Waals surface area contributed by atoms with Crippen molar-refractivity contribution in [1.29, 1.82) is 0 Å². The third-order valence-electron chi connectivity index (χ3n) is 3.75. The maximum absolute atomic E-state index is 14.0. The van der Waals surface area contributed by atoms with Gasteiger partial charge < -0.3 is 4.74 Å². The minimum atomic E-state index is -0.177. The number of aromatic nitrogens is 1. The molecule has 1 atom stereocenters. The smallest absolute Gasteiger partial charge is 0.145 e. The second-order valence-electron chi connectivity index (χ2n) is 6.16. The molecule has 0 bridgehead atoms. The molecule has 1 saturated heterocycles. The van der Waals surface area contributed by atoms with Crippen molar-refractivity contribution < 1.29 is 9.13 Å². The lowest BCUT2D eigenvalue weighted by atomic mass is 9.68. The largest absolute Gasteiger partial charge is 0.381 e. The average Bonchev–Trinajstić information content (AvgIpc) is 2.32. The van der Waals surface area contributed by atoms with Crippen LogP contribution in [0.4, 0.5) is 4.39 Å². The van der Waals surface area contributed by atoms with E-state index in [9.17, 15) is 4.39 Å². The van der Waals surface area contributed by atoms with Crippen molar-refractivity contribution in [2.24, 2.45) is 11.3 Å². The summed E-state index contributed by atoms with van der Waals surface area (Å²) < 4.78 is 19.4. The predicted molar refractivity (Wildman–Crippen MR) is 69.9 cm³/mol. The van der Waals surface area contributed by atoms with Crippen LogP contribution >= 0.6 is 0 Å². The van der Waals surface area contributed by atoms with Crippen LogP contribution in [-0.2, 0) is 4.74 Å². The zero-order chi connectivity index (χ0) is 13.2. The third kappa shape index (κ3) is 2.89. The molecular weight excluding hydrogens is 229 g/mol.